The molecule has 140 valence electrons. The zero-order valence-electron chi connectivity index (χ0n) is 15.4. The Kier molecular flexibility index (Phi) is 4.61. The summed E-state index contributed by atoms with van der Waals surface area (Å²) >= 11 is 0. The highest BCUT2D eigenvalue weighted by Crippen LogP contribution is 2.22. The molecule has 7 heteroatoms. The molecule has 0 atom stereocenters. The molecule has 6 nitrogen and oxygen atoms in total. The molecular weight excluding hydrogens is 347 g/mol. The molecule has 0 spiro atoms. The van der Waals surface area contributed by atoms with E-state index in [-0.39, 0.29) is 11.7 Å². The molecule has 2 aromatic heterocycles. The van der Waals surface area contributed by atoms with Crippen molar-refractivity contribution in [3.63, 3.8) is 0 Å². The van der Waals surface area contributed by atoms with Gasteiger partial charge in [-0.15, -0.1) is 0 Å². The predicted molar refractivity (Wildman–Crippen MR) is 98.9 cm³/mol. The Balaban J connectivity index is 1.49. The number of halogens is 1. The summed E-state index contributed by atoms with van der Waals surface area (Å²) in [5.41, 5.74) is 2.71. The second kappa shape index (κ2) is 7.08. The van der Waals surface area contributed by atoms with Crippen molar-refractivity contribution in [3.05, 3.63) is 58.9 Å². The van der Waals surface area contributed by atoms with Crippen molar-refractivity contribution >= 4 is 16.8 Å². The van der Waals surface area contributed by atoms with Gasteiger partial charge in [-0.3, -0.25) is 14.7 Å². The van der Waals surface area contributed by atoms with Gasteiger partial charge in [-0.1, -0.05) is 5.16 Å². The number of amides is 1. The second-order valence-electron chi connectivity index (χ2n) is 6.97. The van der Waals surface area contributed by atoms with E-state index in [0.717, 1.165) is 31.1 Å². The van der Waals surface area contributed by atoms with Crippen molar-refractivity contribution in [2.75, 3.05) is 26.2 Å². The summed E-state index contributed by atoms with van der Waals surface area (Å²) in [6.07, 6.45) is 0. The summed E-state index contributed by atoms with van der Waals surface area (Å²) in [6, 6.07) is 8.09. The molecule has 0 bridgehead atoms. The van der Waals surface area contributed by atoms with Gasteiger partial charge in [0.15, 0.2) is 0 Å². The first-order chi connectivity index (χ1) is 13.0. The Labute approximate surface area is 156 Å². The lowest BCUT2D eigenvalue weighted by molar-refractivity contribution is 0.0627. The molecule has 1 aromatic carbocycles. The van der Waals surface area contributed by atoms with Crippen LogP contribution in [0.4, 0.5) is 4.39 Å². The standard InChI is InChI=1S/C20H21FN4O2/c1-13-9-18(17-4-3-15(21)11-19(17)22-13)20(26)25-7-5-24(6-8-25)12-16-10-14(2)27-23-16/h3-4,9-11H,5-8,12H2,1-2H3. The minimum atomic E-state index is -0.351. The van der Waals surface area contributed by atoms with E-state index in [4.69, 9.17) is 4.52 Å². The average molecular weight is 368 g/mol. The molecule has 3 aromatic rings. The quantitative estimate of drug-likeness (QED) is 0.711. The van der Waals surface area contributed by atoms with E-state index in [2.05, 4.69) is 15.0 Å². The van der Waals surface area contributed by atoms with Gasteiger partial charge in [0.2, 0.25) is 0 Å². The van der Waals surface area contributed by atoms with Crippen LogP contribution in [-0.2, 0) is 6.54 Å². The van der Waals surface area contributed by atoms with Gasteiger partial charge in [-0.25, -0.2) is 4.39 Å². The zero-order chi connectivity index (χ0) is 19.0. The van der Waals surface area contributed by atoms with Crippen LogP contribution in [-0.4, -0.2) is 52.0 Å². The monoisotopic (exact) mass is 368 g/mol. The normalized spacial score (nSPS) is 15.4. The maximum Gasteiger partial charge on any atom is 0.254 e. The Morgan fingerprint density at radius 2 is 1.93 bits per heavy atom. The van der Waals surface area contributed by atoms with Crippen molar-refractivity contribution in [2.45, 2.75) is 20.4 Å². The molecular formula is C20H21FN4O2. The van der Waals surface area contributed by atoms with Gasteiger partial charge in [0.1, 0.15) is 11.6 Å². The molecule has 0 saturated carbocycles. The number of hydrogen-bond acceptors (Lipinski definition) is 5. The fourth-order valence-corrected chi connectivity index (χ4v) is 3.51. The number of piperazine rings is 1. The van der Waals surface area contributed by atoms with Gasteiger partial charge in [0, 0.05) is 55.9 Å². The topological polar surface area (TPSA) is 62.5 Å². The van der Waals surface area contributed by atoms with Crippen LogP contribution in [0.15, 0.2) is 34.9 Å². The lowest BCUT2D eigenvalue weighted by Crippen LogP contribution is -2.48. The Morgan fingerprint density at radius 1 is 1.15 bits per heavy atom. The Hall–Kier alpha value is -2.80. The highest BCUT2D eigenvalue weighted by molar-refractivity contribution is 6.06. The van der Waals surface area contributed by atoms with Gasteiger partial charge in [0.25, 0.3) is 5.91 Å². The molecule has 4 rings (SSSR count). The highest BCUT2D eigenvalue weighted by Gasteiger charge is 2.24. The lowest BCUT2D eigenvalue weighted by Gasteiger charge is -2.34. The third kappa shape index (κ3) is 3.68. The summed E-state index contributed by atoms with van der Waals surface area (Å²) < 4.78 is 18.6. The zero-order valence-corrected chi connectivity index (χ0v) is 15.4. The minimum Gasteiger partial charge on any atom is -0.361 e. The number of fused-ring (bicyclic) bond motifs is 1. The third-order valence-electron chi connectivity index (χ3n) is 4.85. The van der Waals surface area contributed by atoms with Gasteiger partial charge in [-0.05, 0) is 32.0 Å². The molecule has 1 saturated heterocycles. The van der Waals surface area contributed by atoms with Crippen LogP contribution in [0.2, 0.25) is 0 Å². The summed E-state index contributed by atoms with van der Waals surface area (Å²) in [7, 11) is 0. The summed E-state index contributed by atoms with van der Waals surface area (Å²) in [4.78, 5) is 21.5. The van der Waals surface area contributed by atoms with Crippen LogP contribution in [0.25, 0.3) is 10.9 Å². The molecule has 27 heavy (non-hydrogen) atoms. The van der Waals surface area contributed by atoms with Crippen LogP contribution < -0.4 is 0 Å². The molecule has 0 N–H and O–H groups in total. The average Bonchev–Trinajstić information content (AvgIpc) is 3.05. The summed E-state index contributed by atoms with van der Waals surface area (Å²) in [5, 5.41) is 4.72. The number of hydrogen-bond donors (Lipinski definition) is 0. The number of carbonyl (C=O) groups is 1. The number of aryl methyl sites for hydroxylation is 2. The van der Waals surface area contributed by atoms with Crippen molar-refractivity contribution in [1.82, 2.24) is 19.9 Å². The molecule has 1 amide bonds. The molecule has 3 heterocycles. The molecule has 1 aliphatic rings. The van der Waals surface area contributed by atoms with Gasteiger partial charge in [-0.2, -0.15) is 0 Å². The van der Waals surface area contributed by atoms with Gasteiger partial charge in [0.05, 0.1) is 16.8 Å². The largest absolute Gasteiger partial charge is 0.361 e. The van der Waals surface area contributed by atoms with Crippen LogP contribution in [0.1, 0.15) is 27.5 Å². The maximum absolute atomic E-state index is 13.5. The smallest absolute Gasteiger partial charge is 0.254 e. The molecule has 0 unspecified atom stereocenters. The van der Waals surface area contributed by atoms with E-state index >= 15 is 0 Å². The van der Waals surface area contributed by atoms with Gasteiger partial charge >= 0.3 is 0 Å². The fraction of sp³-hybridized carbons (Fsp3) is 0.350. The Morgan fingerprint density at radius 3 is 2.63 bits per heavy atom. The van der Waals surface area contributed by atoms with Crippen molar-refractivity contribution < 1.29 is 13.7 Å². The Bertz CT molecular complexity index is 988. The van der Waals surface area contributed by atoms with E-state index in [9.17, 15) is 9.18 Å². The summed E-state index contributed by atoms with van der Waals surface area (Å²) in [6.45, 7) is 7.23. The molecule has 0 radical (unpaired) electrons. The van der Waals surface area contributed by atoms with Crippen molar-refractivity contribution in [1.29, 1.82) is 0 Å². The van der Waals surface area contributed by atoms with Crippen LogP contribution in [0.3, 0.4) is 0 Å². The van der Waals surface area contributed by atoms with E-state index in [0.29, 0.717) is 35.2 Å². The van der Waals surface area contributed by atoms with E-state index in [1.54, 1.807) is 12.1 Å². The van der Waals surface area contributed by atoms with E-state index in [1.807, 2.05) is 24.8 Å². The lowest BCUT2D eigenvalue weighted by atomic mass is 10.1. The number of rotatable bonds is 3. The SMILES string of the molecule is Cc1cc(C(=O)N2CCN(Cc3cc(C)on3)CC2)c2ccc(F)cc2n1. The summed E-state index contributed by atoms with van der Waals surface area (Å²) in [5.74, 6) is 0.417. The number of carbonyl (C=O) groups excluding carboxylic acids is 1. The highest BCUT2D eigenvalue weighted by atomic mass is 19.1. The van der Waals surface area contributed by atoms with E-state index in [1.165, 1.54) is 12.1 Å². The molecule has 0 aliphatic carbocycles. The first-order valence-electron chi connectivity index (χ1n) is 9.00. The van der Waals surface area contributed by atoms with Crippen LogP contribution in [0, 0.1) is 19.7 Å². The van der Waals surface area contributed by atoms with Crippen LogP contribution >= 0.6 is 0 Å². The van der Waals surface area contributed by atoms with Gasteiger partial charge < -0.3 is 9.42 Å². The molecule has 1 fully saturated rings. The van der Waals surface area contributed by atoms with Crippen molar-refractivity contribution in [2.24, 2.45) is 0 Å². The third-order valence-corrected chi connectivity index (χ3v) is 4.85. The first kappa shape index (κ1) is 17.6. The van der Waals surface area contributed by atoms with E-state index < -0.39 is 0 Å². The fourth-order valence-electron chi connectivity index (χ4n) is 3.51. The predicted octanol–water partition coefficient (Wildman–Crippen LogP) is 2.94. The number of nitrogens with zero attached hydrogens (tertiary/aromatic N) is 4. The molecule has 1 aliphatic heterocycles. The maximum atomic E-state index is 13.5. The number of pyridine rings is 1. The first-order valence-corrected chi connectivity index (χ1v) is 9.00. The second-order valence-corrected chi connectivity index (χ2v) is 6.97. The van der Waals surface area contributed by atoms with Crippen molar-refractivity contribution in [3.8, 4) is 0 Å². The number of aromatic nitrogens is 2. The number of benzene rings is 1. The minimum absolute atomic E-state index is 0.0333. The van der Waals surface area contributed by atoms with Crippen LogP contribution in [0.5, 0.6) is 0 Å².